The normalized spacial score (nSPS) is 12.8. The number of anilines is 1. The van der Waals surface area contributed by atoms with Crippen LogP contribution in [0.5, 0.6) is 0 Å². The first-order chi connectivity index (χ1) is 11.6. The quantitative estimate of drug-likeness (QED) is 0.731. The second-order valence-electron chi connectivity index (χ2n) is 5.93. The van der Waals surface area contributed by atoms with E-state index in [-0.39, 0.29) is 5.91 Å². The molecule has 6 nitrogen and oxygen atoms in total. The van der Waals surface area contributed by atoms with Crippen molar-refractivity contribution in [1.29, 1.82) is 0 Å². The summed E-state index contributed by atoms with van der Waals surface area (Å²) < 4.78 is 7.20. The van der Waals surface area contributed by atoms with Gasteiger partial charge >= 0.3 is 0 Å². The summed E-state index contributed by atoms with van der Waals surface area (Å²) in [6.45, 7) is 0. The number of amides is 1. The predicted molar refractivity (Wildman–Crippen MR) is 92.2 cm³/mol. The van der Waals surface area contributed by atoms with E-state index in [4.69, 9.17) is 9.40 Å². The molecule has 124 valence electrons. The molecule has 0 bridgehead atoms. The van der Waals surface area contributed by atoms with Crippen LogP contribution in [0.4, 0.5) is 5.13 Å². The van der Waals surface area contributed by atoms with Gasteiger partial charge in [-0.2, -0.15) is 5.10 Å². The lowest BCUT2D eigenvalue weighted by Gasteiger charge is -2.13. The Kier molecular flexibility index (Phi) is 3.72. The smallest absolute Gasteiger partial charge is 0.228 e. The van der Waals surface area contributed by atoms with Crippen LogP contribution >= 0.6 is 11.3 Å². The van der Waals surface area contributed by atoms with Crippen molar-refractivity contribution in [3.63, 3.8) is 0 Å². The van der Waals surface area contributed by atoms with Crippen molar-refractivity contribution in [2.24, 2.45) is 7.05 Å². The van der Waals surface area contributed by atoms with Crippen LogP contribution in [0.2, 0.25) is 0 Å². The van der Waals surface area contributed by atoms with Crippen molar-refractivity contribution in [3.05, 3.63) is 40.9 Å². The molecule has 0 atom stereocenters. The molecule has 3 aromatic rings. The van der Waals surface area contributed by atoms with E-state index in [9.17, 15) is 4.79 Å². The lowest BCUT2D eigenvalue weighted by molar-refractivity contribution is -0.118. The van der Waals surface area contributed by atoms with Gasteiger partial charge < -0.3 is 4.42 Å². The van der Waals surface area contributed by atoms with Gasteiger partial charge in [-0.1, -0.05) is 0 Å². The number of hydrogen-bond acceptors (Lipinski definition) is 5. The average molecular weight is 342 g/mol. The second-order valence-corrected chi connectivity index (χ2v) is 6.99. The Balaban J connectivity index is 1.53. The van der Waals surface area contributed by atoms with Gasteiger partial charge in [-0.15, -0.1) is 11.3 Å². The highest BCUT2D eigenvalue weighted by atomic mass is 32.1. The molecule has 0 unspecified atom stereocenters. The van der Waals surface area contributed by atoms with E-state index in [1.165, 1.54) is 10.6 Å². The first-order valence-electron chi connectivity index (χ1n) is 7.93. The molecule has 1 aliphatic carbocycles. The van der Waals surface area contributed by atoms with Crippen molar-refractivity contribution in [1.82, 2.24) is 14.8 Å². The SMILES string of the molecule is CN(C(=O)CCc1ccco1)c1nc2c(s1)CCc1c-2cnn1C. The highest BCUT2D eigenvalue weighted by Crippen LogP contribution is 2.38. The summed E-state index contributed by atoms with van der Waals surface area (Å²) in [6, 6.07) is 3.73. The molecule has 0 spiro atoms. The highest BCUT2D eigenvalue weighted by Gasteiger charge is 2.26. The number of rotatable bonds is 4. The summed E-state index contributed by atoms with van der Waals surface area (Å²) in [5.74, 6) is 0.874. The number of carbonyl (C=O) groups is 1. The summed E-state index contributed by atoms with van der Waals surface area (Å²) in [6.07, 6.45) is 6.43. The lowest BCUT2D eigenvalue weighted by atomic mass is 10.0. The zero-order valence-corrected chi connectivity index (χ0v) is 14.5. The largest absolute Gasteiger partial charge is 0.469 e. The molecule has 0 N–H and O–H groups in total. The maximum Gasteiger partial charge on any atom is 0.228 e. The van der Waals surface area contributed by atoms with Crippen LogP contribution in [-0.4, -0.2) is 27.7 Å². The maximum atomic E-state index is 12.4. The average Bonchev–Trinajstić information content (AvgIpc) is 3.31. The fourth-order valence-corrected chi connectivity index (χ4v) is 4.06. The molecule has 3 aromatic heterocycles. The molecular formula is C17H18N4O2S. The van der Waals surface area contributed by atoms with E-state index in [1.54, 1.807) is 29.5 Å². The monoisotopic (exact) mass is 342 g/mol. The van der Waals surface area contributed by atoms with E-state index in [0.717, 1.165) is 35.0 Å². The Bertz CT molecular complexity index is 879. The van der Waals surface area contributed by atoms with Gasteiger partial charge in [0.2, 0.25) is 5.91 Å². The van der Waals surface area contributed by atoms with Crippen LogP contribution in [-0.2, 0) is 31.1 Å². The Labute approximate surface area is 143 Å². The van der Waals surface area contributed by atoms with Crippen LogP contribution in [0.3, 0.4) is 0 Å². The molecule has 3 heterocycles. The van der Waals surface area contributed by atoms with Crippen molar-refractivity contribution in [3.8, 4) is 11.3 Å². The van der Waals surface area contributed by atoms with Gasteiger partial charge in [0.1, 0.15) is 5.76 Å². The standard InChI is InChI=1S/C17H18N4O2S/c1-20(15(22)8-5-11-4-3-9-23-11)17-19-16-12-10-18-21(2)13(12)6-7-14(16)24-17/h3-4,9-10H,5-8H2,1-2H3. The van der Waals surface area contributed by atoms with Gasteiger partial charge in [-0.05, 0) is 25.0 Å². The Morgan fingerprint density at radius 3 is 3.12 bits per heavy atom. The number of furan rings is 1. The van der Waals surface area contributed by atoms with Gasteiger partial charge in [0.25, 0.3) is 0 Å². The van der Waals surface area contributed by atoms with E-state index >= 15 is 0 Å². The first kappa shape index (κ1) is 15.1. The minimum Gasteiger partial charge on any atom is -0.469 e. The molecule has 0 saturated carbocycles. The van der Waals surface area contributed by atoms with Crippen molar-refractivity contribution in [2.75, 3.05) is 11.9 Å². The number of aromatic nitrogens is 3. The number of thiazole rings is 1. The van der Waals surface area contributed by atoms with Crippen LogP contribution in [0.1, 0.15) is 22.8 Å². The highest BCUT2D eigenvalue weighted by molar-refractivity contribution is 7.16. The van der Waals surface area contributed by atoms with Gasteiger partial charge in [-0.3, -0.25) is 14.4 Å². The molecule has 0 saturated heterocycles. The van der Waals surface area contributed by atoms with Crippen molar-refractivity contribution in [2.45, 2.75) is 25.7 Å². The Hall–Kier alpha value is -2.41. The maximum absolute atomic E-state index is 12.4. The molecule has 24 heavy (non-hydrogen) atoms. The number of nitrogens with zero attached hydrogens (tertiary/aromatic N) is 4. The van der Waals surface area contributed by atoms with Crippen LogP contribution in [0.15, 0.2) is 29.0 Å². The van der Waals surface area contributed by atoms with Gasteiger partial charge in [-0.25, -0.2) is 4.98 Å². The molecule has 1 amide bonds. The van der Waals surface area contributed by atoms with E-state index in [1.807, 2.05) is 30.1 Å². The van der Waals surface area contributed by atoms with E-state index in [2.05, 4.69) is 5.10 Å². The third kappa shape index (κ3) is 2.54. The molecule has 0 aromatic carbocycles. The number of hydrogen-bond donors (Lipinski definition) is 0. The van der Waals surface area contributed by atoms with Crippen LogP contribution < -0.4 is 4.90 Å². The molecule has 7 heteroatoms. The summed E-state index contributed by atoms with van der Waals surface area (Å²) in [7, 11) is 3.75. The van der Waals surface area contributed by atoms with E-state index < -0.39 is 0 Å². The second kappa shape index (κ2) is 5.90. The fraction of sp³-hybridized carbons (Fsp3) is 0.353. The van der Waals surface area contributed by atoms with Gasteiger partial charge in [0.15, 0.2) is 5.13 Å². The summed E-state index contributed by atoms with van der Waals surface area (Å²) in [5.41, 5.74) is 3.29. The minimum absolute atomic E-state index is 0.0453. The van der Waals surface area contributed by atoms with Gasteiger partial charge in [0, 0.05) is 43.1 Å². The summed E-state index contributed by atoms with van der Waals surface area (Å²) in [5, 5.41) is 5.09. The van der Waals surface area contributed by atoms with Crippen molar-refractivity contribution >= 4 is 22.4 Å². The van der Waals surface area contributed by atoms with Crippen LogP contribution in [0, 0.1) is 0 Å². The Morgan fingerprint density at radius 2 is 2.33 bits per heavy atom. The number of fused-ring (bicyclic) bond motifs is 3. The number of aryl methyl sites for hydroxylation is 3. The minimum atomic E-state index is 0.0453. The van der Waals surface area contributed by atoms with Gasteiger partial charge in [0.05, 0.1) is 18.2 Å². The molecule has 4 rings (SSSR count). The molecule has 0 radical (unpaired) electrons. The van der Waals surface area contributed by atoms with Crippen molar-refractivity contribution < 1.29 is 9.21 Å². The zero-order chi connectivity index (χ0) is 16.7. The topological polar surface area (TPSA) is 64.2 Å². The Morgan fingerprint density at radius 1 is 1.46 bits per heavy atom. The predicted octanol–water partition coefficient (Wildman–Crippen LogP) is 2.83. The summed E-state index contributed by atoms with van der Waals surface area (Å²) >= 11 is 1.60. The molecule has 0 aliphatic heterocycles. The molecule has 0 fully saturated rings. The van der Waals surface area contributed by atoms with Crippen LogP contribution in [0.25, 0.3) is 11.3 Å². The zero-order valence-electron chi connectivity index (χ0n) is 13.7. The van der Waals surface area contributed by atoms with E-state index in [0.29, 0.717) is 12.8 Å². The third-order valence-electron chi connectivity index (χ3n) is 4.42. The molecule has 1 aliphatic rings. The first-order valence-corrected chi connectivity index (χ1v) is 8.75. The fourth-order valence-electron chi connectivity index (χ4n) is 3.01. The third-order valence-corrected chi connectivity index (χ3v) is 5.61. The molecular weight excluding hydrogens is 324 g/mol. The summed E-state index contributed by atoms with van der Waals surface area (Å²) in [4.78, 5) is 20.0. The number of carbonyl (C=O) groups excluding carboxylic acids is 1. The lowest BCUT2D eigenvalue weighted by Crippen LogP contribution is -2.26.